The molecule has 2 saturated carbocycles. The van der Waals surface area contributed by atoms with Crippen molar-refractivity contribution in [2.45, 2.75) is 57.2 Å². The van der Waals surface area contributed by atoms with Crippen molar-refractivity contribution in [3.8, 4) is 5.75 Å². The van der Waals surface area contributed by atoms with Gasteiger partial charge in [0.1, 0.15) is 5.75 Å². The van der Waals surface area contributed by atoms with Crippen molar-refractivity contribution < 1.29 is 27.4 Å². The van der Waals surface area contributed by atoms with Crippen LogP contribution in [0, 0.1) is 17.3 Å². The molecular weight excluding hydrogens is 344 g/mol. The molecule has 25 heavy (non-hydrogen) atoms. The number of benzene rings is 1. The first-order chi connectivity index (χ1) is 11.7. The Hall–Kier alpha value is -1.15. The monoisotopic (exact) mass is 368 g/mol. The molecule has 0 saturated heterocycles. The van der Waals surface area contributed by atoms with Crippen LogP contribution in [0.2, 0.25) is 0 Å². The molecule has 3 aliphatic carbocycles. The summed E-state index contributed by atoms with van der Waals surface area (Å²) in [6.07, 6.45) is 2.95. The normalized spacial score (nSPS) is 40.1. The topological polar surface area (TPSA) is 104 Å². The second-order valence-electron chi connectivity index (χ2n) is 8.08. The Morgan fingerprint density at radius 1 is 1.24 bits per heavy atom. The van der Waals surface area contributed by atoms with Gasteiger partial charge < -0.3 is 14.4 Å². The molecule has 3 aliphatic rings. The second-order valence-corrected chi connectivity index (χ2v) is 9.10. The van der Waals surface area contributed by atoms with E-state index in [0.29, 0.717) is 24.2 Å². The van der Waals surface area contributed by atoms with E-state index in [2.05, 4.69) is 11.1 Å². The highest BCUT2D eigenvalue weighted by Crippen LogP contribution is 2.60. The quantitative estimate of drug-likeness (QED) is 0.690. The van der Waals surface area contributed by atoms with Gasteiger partial charge >= 0.3 is 10.4 Å². The Balaban J connectivity index is 1.64. The molecule has 6 nitrogen and oxygen atoms in total. The summed E-state index contributed by atoms with van der Waals surface area (Å²) in [5, 5.41) is 20.6. The molecule has 0 radical (unpaired) electrons. The molecule has 0 bridgehead atoms. The van der Waals surface area contributed by atoms with E-state index in [9.17, 15) is 18.6 Å². The van der Waals surface area contributed by atoms with Gasteiger partial charge in [-0.05, 0) is 78.5 Å². The van der Waals surface area contributed by atoms with Crippen molar-refractivity contribution in [1.29, 1.82) is 0 Å². The van der Waals surface area contributed by atoms with Crippen molar-refractivity contribution in [1.82, 2.24) is 0 Å². The SMILES string of the molecule is C[C@]12CC[C@@H]3c4ccc(OS(=O)(=O)O)cc4CC[C@H]3[C@@H]1CC(O)C2O. The van der Waals surface area contributed by atoms with Gasteiger partial charge in [-0.15, -0.1) is 0 Å². The van der Waals surface area contributed by atoms with Crippen LogP contribution < -0.4 is 4.18 Å². The third-order valence-corrected chi connectivity index (χ3v) is 7.28. The smallest absolute Gasteiger partial charge is 0.390 e. The Bertz CT molecular complexity index is 791. The zero-order valence-corrected chi connectivity index (χ0v) is 14.9. The molecule has 0 aromatic heterocycles. The molecule has 2 fully saturated rings. The fourth-order valence-electron chi connectivity index (χ4n) is 5.72. The van der Waals surface area contributed by atoms with E-state index in [0.717, 1.165) is 31.2 Å². The van der Waals surface area contributed by atoms with Crippen LogP contribution in [0.1, 0.15) is 49.7 Å². The van der Waals surface area contributed by atoms with E-state index in [-0.39, 0.29) is 11.2 Å². The minimum absolute atomic E-state index is 0.132. The molecule has 0 amide bonds. The molecule has 3 N–H and O–H groups in total. The van der Waals surface area contributed by atoms with Crippen LogP contribution in [0.15, 0.2) is 18.2 Å². The molecule has 7 heteroatoms. The second kappa shape index (κ2) is 5.67. The van der Waals surface area contributed by atoms with Crippen LogP contribution in [0.4, 0.5) is 0 Å². The lowest BCUT2D eigenvalue weighted by Gasteiger charge is -2.49. The van der Waals surface area contributed by atoms with Crippen molar-refractivity contribution in [3.05, 3.63) is 29.3 Å². The summed E-state index contributed by atoms with van der Waals surface area (Å²) in [4.78, 5) is 0. The number of hydrogen-bond acceptors (Lipinski definition) is 5. The molecule has 4 rings (SSSR count). The number of fused-ring (bicyclic) bond motifs is 5. The van der Waals surface area contributed by atoms with E-state index in [1.54, 1.807) is 12.1 Å². The predicted octanol–water partition coefficient (Wildman–Crippen LogP) is 2.06. The highest BCUT2D eigenvalue weighted by molar-refractivity contribution is 7.81. The zero-order valence-electron chi connectivity index (χ0n) is 14.1. The summed E-state index contributed by atoms with van der Waals surface area (Å²) in [6.45, 7) is 2.10. The van der Waals surface area contributed by atoms with Gasteiger partial charge in [-0.2, -0.15) is 8.42 Å². The summed E-state index contributed by atoms with van der Waals surface area (Å²) < 4.78 is 35.2. The molecule has 0 aliphatic heterocycles. The van der Waals surface area contributed by atoms with Gasteiger partial charge in [-0.1, -0.05) is 13.0 Å². The Labute approximate surface area is 147 Å². The summed E-state index contributed by atoms with van der Waals surface area (Å²) >= 11 is 0. The third kappa shape index (κ3) is 2.77. The van der Waals surface area contributed by atoms with Crippen molar-refractivity contribution >= 4 is 10.4 Å². The number of rotatable bonds is 2. The van der Waals surface area contributed by atoms with Crippen LogP contribution in [-0.4, -0.2) is 35.4 Å². The largest absolute Gasteiger partial charge is 0.446 e. The summed E-state index contributed by atoms with van der Waals surface area (Å²) in [7, 11) is -4.51. The first-order valence-corrected chi connectivity index (χ1v) is 10.2. The summed E-state index contributed by atoms with van der Waals surface area (Å²) in [6, 6.07) is 5.18. The van der Waals surface area contributed by atoms with Gasteiger partial charge in [0, 0.05) is 0 Å². The number of hydrogen-bond donors (Lipinski definition) is 3. The zero-order chi connectivity index (χ0) is 18.0. The minimum Gasteiger partial charge on any atom is -0.390 e. The van der Waals surface area contributed by atoms with Crippen LogP contribution in [0.5, 0.6) is 5.75 Å². The standard InChI is InChI=1S/C18H24O6S/c1-18-7-6-13-12-5-3-11(24-25(21,22)23)8-10(12)2-4-14(13)15(18)9-16(19)17(18)20/h3,5,8,13-17,19-20H,2,4,6-7,9H2,1H3,(H,21,22,23)/t13-,14-,15+,16?,17?,18+/m1/s1. The average Bonchev–Trinajstić information content (AvgIpc) is 2.76. The molecule has 138 valence electrons. The maximum atomic E-state index is 10.9. The highest BCUT2D eigenvalue weighted by atomic mass is 32.3. The maximum absolute atomic E-state index is 10.9. The van der Waals surface area contributed by atoms with E-state index in [4.69, 9.17) is 4.55 Å². The molecule has 1 aromatic rings. The number of aliphatic hydroxyl groups is 2. The van der Waals surface area contributed by atoms with E-state index >= 15 is 0 Å². The third-order valence-electron chi connectivity index (χ3n) is 6.87. The lowest BCUT2D eigenvalue weighted by molar-refractivity contribution is -0.0505. The fourth-order valence-corrected chi connectivity index (χ4v) is 6.07. The van der Waals surface area contributed by atoms with Gasteiger partial charge in [-0.3, -0.25) is 4.55 Å². The molecular formula is C18H24O6S. The molecule has 6 atom stereocenters. The van der Waals surface area contributed by atoms with Crippen molar-refractivity contribution in [3.63, 3.8) is 0 Å². The first-order valence-electron chi connectivity index (χ1n) is 8.85. The molecule has 0 heterocycles. The van der Waals surface area contributed by atoms with E-state index in [1.807, 2.05) is 6.07 Å². The molecule has 1 aromatic carbocycles. The number of aliphatic hydroxyl groups excluding tert-OH is 2. The van der Waals surface area contributed by atoms with Crippen LogP contribution >= 0.6 is 0 Å². The van der Waals surface area contributed by atoms with Gasteiger partial charge in [0.15, 0.2) is 0 Å². The van der Waals surface area contributed by atoms with Crippen molar-refractivity contribution in [2.24, 2.45) is 17.3 Å². The Kier molecular flexibility index (Phi) is 3.92. The van der Waals surface area contributed by atoms with Gasteiger partial charge in [-0.25, -0.2) is 0 Å². The summed E-state index contributed by atoms with van der Waals surface area (Å²) in [5.74, 6) is 1.22. The fraction of sp³-hybridized carbons (Fsp3) is 0.667. The summed E-state index contributed by atoms with van der Waals surface area (Å²) in [5.41, 5.74) is 2.05. The van der Waals surface area contributed by atoms with Crippen LogP contribution in [-0.2, 0) is 16.8 Å². The lowest BCUT2D eigenvalue weighted by atomic mass is 9.55. The van der Waals surface area contributed by atoms with Crippen molar-refractivity contribution in [2.75, 3.05) is 0 Å². The Morgan fingerprint density at radius 3 is 2.72 bits per heavy atom. The molecule has 0 spiro atoms. The predicted molar refractivity (Wildman–Crippen MR) is 90.6 cm³/mol. The van der Waals surface area contributed by atoms with Gasteiger partial charge in [0.2, 0.25) is 0 Å². The van der Waals surface area contributed by atoms with E-state index in [1.165, 1.54) is 5.56 Å². The van der Waals surface area contributed by atoms with Gasteiger partial charge in [0.05, 0.1) is 12.2 Å². The molecule has 2 unspecified atom stereocenters. The Morgan fingerprint density at radius 2 is 2.00 bits per heavy atom. The first kappa shape index (κ1) is 17.3. The van der Waals surface area contributed by atoms with Crippen LogP contribution in [0.3, 0.4) is 0 Å². The van der Waals surface area contributed by atoms with Gasteiger partial charge in [0.25, 0.3) is 0 Å². The highest BCUT2D eigenvalue weighted by Gasteiger charge is 2.57. The van der Waals surface area contributed by atoms with Crippen LogP contribution in [0.25, 0.3) is 0 Å². The maximum Gasteiger partial charge on any atom is 0.446 e. The number of aryl methyl sites for hydroxylation is 1. The lowest BCUT2D eigenvalue weighted by Crippen LogP contribution is -2.44. The van der Waals surface area contributed by atoms with E-state index < -0.39 is 22.6 Å². The minimum atomic E-state index is -4.51. The average molecular weight is 368 g/mol.